The molecule has 14 heavy (non-hydrogen) atoms. The summed E-state index contributed by atoms with van der Waals surface area (Å²) in [4.78, 5) is 13.7. The zero-order valence-corrected chi connectivity index (χ0v) is 9.52. The zero-order chi connectivity index (χ0) is 10.4. The van der Waals surface area contributed by atoms with Gasteiger partial charge in [0.15, 0.2) is 0 Å². The zero-order valence-electron chi connectivity index (χ0n) is 8.76. The van der Waals surface area contributed by atoms with Crippen LogP contribution in [0.2, 0.25) is 0 Å². The SMILES string of the molecule is CCCN(C(=O)CCCl)C1CCNC1. The Kier molecular flexibility index (Phi) is 5.26. The topological polar surface area (TPSA) is 32.3 Å². The van der Waals surface area contributed by atoms with Gasteiger partial charge in [-0.05, 0) is 19.4 Å². The molecule has 0 saturated carbocycles. The number of hydrogen-bond donors (Lipinski definition) is 1. The number of carbonyl (C=O) groups excluding carboxylic acids is 1. The monoisotopic (exact) mass is 218 g/mol. The van der Waals surface area contributed by atoms with Gasteiger partial charge in [0.1, 0.15) is 0 Å². The van der Waals surface area contributed by atoms with Gasteiger partial charge in [0.25, 0.3) is 0 Å². The molecule has 3 nitrogen and oxygen atoms in total. The lowest BCUT2D eigenvalue weighted by Crippen LogP contribution is -2.42. The minimum absolute atomic E-state index is 0.204. The van der Waals surface area contributed by atoms with Crippen molar-refractivity contribution in [2.45, 2.75) is 32.2 Å². The van der Waals surface area contributed by atoms with Crippen LogP contribution in [0.15, 0.2) is 0 Å². The number of hydrogen-bond acceptors (Lipinski definition) is 2. The third-order valence-electron chi connectivity index (χ3n) is 2.57. The van der Waals surface area contributed by atoms with Crippen LogP contribution < -0.4 is 5.32 Å². The molecule has 1 fully saturated rings. The van der Waals surface area contributed by atoms with Crippen molar-refractivity contribution >= 4 is 17.5 Å². The molecule has 1 saturated heterocycles. The normalized spacial score (nSPS) is 21.1. The highest BCUT2D eigenvalue weighted by Crippen LogP contribution is 2.11. The van der Waals surface area contributed by atoms with Crippen molar-refractivity contribution in [1.82, 2.24) is 10.2 Å². The number of alkyl halides is 1. The van der Waals surface area contributed by atoms with Crippen LogP contribution in [0.3, 0.4) is 0 Å². The second kappa shape index (κ2) is 6.25. The summed E-state index contributed by atoms with van der Waals surface area (Å²) in [7, 11) is 0. The third kappa shape index (κ3) is 3.14. The smallest absolute Gasteiger partial charge is 0.224 e. The first-order valence-corrected chi connectivity index (χ1v) is 5.89. The number of amides is 1. The Bertz CT molecular complexity index is 181. The van der Waals surface area contributed by atoms with Crippen LogP contribution in [0.1, 0.15) is 26.2 Å². The van der Waals surface area contributed by atoms with Gasteiger partial charge in [-0.15, -0.1) is 11.6 Å². The molecule has 1 unspecified atom stereocenters. The molecule has 1 aliphatic heterocycles. The van der Waals surface area contributed by atoms with E-state index in [4.69, 9.17) is 11.6 Å². The maximum absolute atomic E-state index is 11.7. The Morgan fingerprint density at radius 1 is 1.64 bits per heavy atom. The summed E-state index contributed by atoms with van der Waals surface area (Å²) in [6.45, 7) is 4.93. The Balaban J connectivity index is 2.48. The van der Waals surface area contributed by atoms with Crippen LogP contribution in [-0.4, -0.2) is 42.4 Å². The fourth-order valence-electron chi connectivity index (χ4n) is 1.88. The van der Waals surface area contributed by atoms with Gasteiger partial charge in [0, 0.05) is 31.4 Å². The molecule has 1 N–H and O–H groups in total. The highest BCUT2D eigenvalue weighted by atomic mass is 35.5. The molecule has 0 aromatic carbocycles. The number of rotatable bonds is 5. The van der Waals surface area contributed by atoms with Gasteiger partial charge in [-0.25, -0.2) is 0 Å². The summed E-state index contributed by atoms with van der Waals surface area (Å²) in [6.07, 6.45) is 2.57. The highest BCUT2D eigenvalue weighted by molar-refractivity contribution is 6.18. The molecular formula is C10H19ClN2O. The maximum Gasteiger partial charge on any atom is 0.224 e. The molecule has 0 aromatic heterocycles. The lowest BCUT2D eigenvalue weighted by molar-refractivity contribution is -0.132. The lowest BCUT2D eigenvalue weighted by Gasteiger charge is -2.28. The minimum Gasteiger partial charge on any atom is -0.338 e. The molecule has 0 bridgehead atoms. The van der Waals surface area contributed by atoms with Crippen molar-refractivity contribution < 1.29 is 4.79 Å². The van der Waals surface area contributed by atoms with E-state index in [0.717, 1.165) is 32.5 Å². The van der Waals surface area contributed by atoms with Crippen LogP contribution in [0.5, 0.6) is 0 Å². The molecule has 1 aliphatic rings. The van der Waals surface area contributed by atoms with Crippen molar-refractivity contribution in [3.8, 4) is 0 Å². The van der Waals surface area contributed by atoms with E-state index < -0.39 is 0 Å². The van der Waals surface area contributed by atoms with Crippen LogP contribution in [0.4, 0.5) is 0 Å². The average Bonchev–Trinajstić information content (AvgIpc) is 2.67. The Labute approximate surface area is 90.8 Å². The summed E-state index contributed by atoms with van der Waals surface area (Å²) in [5.41, 5.74) is 0. The molecule has 1 atom stereocenters. The van der Waals surface area contributed by atoms with Gasteiger partial charge in [-0.3, -0.25) is 4.79 Å². The minimum atomic E-state index is 0.204. The molecule has 0 aliphatic carbocycles. The first-order valence-electron chi connectivity index (χ1n) is 5.35. The second-order valence-corrected chi connectivity index (χ2v) is 4.05. The number of nitrogens with zero attached hydrogens (tertiary/aromatic N) is 1. The number of carbonyl (C=O) groups is 1. The fraction of sp³-hybridized carbons (Fsp3) is 0.900. The molecule has 0 spiro atoms. The van der Waals surface area contributed by atoms with Crippen molar-refractivity contribution in [3.05, 3.63) is 0 Å². The van der Waals surface area contributed by atoms with Gasteiger partial charge in [-0.2, -0.15) is 0 Å². The van der Waals surface area contributed by atoms with Gasteiger partial charge in [0.2, 0.25) is 5.91 Å². The number of nitrogens with one attached hydrogen (secondary N) is 1. The highest BCUT2D eigenvalue weighted by Gasteiger charge is 2.24. The third-order valence-corrected chi connectivity index (χ3v) is 2.76. The predicted octanol–water partition coefficient (Wildman–Crippen LogP) is 1.22. The summed E-state index contributed by atoms with van der Waals surface area (Å²) >= 11 is 5.58. The van der Waals surface area contributed by atoms with Gasteiger partial charge < -0.3 is 10.2 Å². The van der Waals surface area contributed by atoms with Crippen LogP contribution in [0.25, 0.3) is 0 Å². The Hall–Kier alpha value is -0.280. The largest absolute Gasteiger partial charge is 0.338 e. The molecule has 0 aromatic rings. The number of halogens is 1. The first kappa shape index (κ1) is 11.8. The standard InChI is InChI=1S/C10H19ClN2O/c1-2-7-13(10(14)3-5-11)9-4-6-12-8-9/h9,12H,2-8H2,1H3. The molecule has 1 heterocycles. The van der Waals surface area contributed by atoms with Crippen LogP contribution in [0, 0.1) is 0 Å². The van der Waals surface area contributed by atoms with E-state index in [1.54, 1.807) is 0 Å². The maximum atomic E-state index is 11.7. The molecule has 4 heteroatoms. The molecule has 0 radical (unpaired) electrons. The van der Waals surface area contributed by atoms with E-state index >= 15 is 0 Å². The first-order chi connectivity index (χ1) is 6.79. The Morgan fingerprint density at radius 3 is 2.93 bits per heavy atom. The summed E-state index contributed by atoms with van der Waals surface area (Å²) in [5.74, 6) is 0.634. The van der Waals surface area contributed by atoms with Crippen molar-refractivity contribution in [2.75, 3.05) is 25.5 Å². The molecule has 1 amide bonds. The molecule has 82 valence electrons. The van der Waals surface area contributed by atoms with E-state index in [9.17, 15) is 4.79 Å². The van der Waals surface area contributed by atoms with Gasteiger partial charge in [-0.1, -0.05) is 6.92 Å². The van der Waals surface area contributed by atoms with E-state index in [0.29, 0.717) is 18.3 Å². The lowest BCUT2D eigenvalue weighted by atomic mass is 10.2. The van der Waals surface area contributed by atoms with Crippen molar-refractivity contribution in [1.29, 1.82) is 0 Å². The Morgan fingerprint density at radius 2 is 2.43 bits per heavy atom. The van der Waals surface area contributed by atoms with Crippen molar-refractivity contribution in [3.63, 3.8) is 0 Å². The van der Waals surface area contributed by atoms with Crippen LogP contribution >= 0.6 is 11.6 Å². The second-order valence-electron chi connectivity index (χ2n) is 3.67. The van der Waals surface area contributed by atoms with Crippen LogP contribution in [-0.2, 0) is 4.79 Å². The van der Waals surface area contributed by atoms with E-state index in [-0.39, 0.29) is 5.91 Å². The molecule has 1 rings (SSSR count). The van der Waals surface area contributed by atoms with Crippen molar-refractivity contribution in [2.24, 2.45) is 0 Å². The summed E-state index contributed by atoms with van der Waals surface area (Å²) in [6, 6.07) is 0.394. The van der Waals surface area contributed by atoms with Gasteiger partial charge >= 0.3 is 0 Å². The quantitative estimate of drug-likeness (QED) is 0.704. The van der Waals surface area contributed by atoms with E-state index in [1.165, 1.54) is 0 Å². The summed E-state index contributed by atoms with van der Waals surface area (Å²) in [5, 5.41) is 3.28. The summed E-state index contributed by atoms with van der Waals surface area (Å²) < 4.78 is 0. The van der Waals surface area contributed by atoms with E-state index in [1.807, 2.05) is 4.90 Å². The fourth-order valence-corrected chi connectivity index (χ4v) is 2.04. The van der Waals surface area contributed by atoms with Gasteiger partial charge in [0.05, 0.1) is 0 Å². The molecular weight excluding hydrogens is 200 g/mol. The van der Waals surface area contributed by atoms with E-state index in [2.05, 4.69) is 12.2 Å². The average molecular weight is 219 g/mol. The predicted molar refractivity (Wildman–Crippen MR) is 58.6 cm³/mol.